The van der Waals surface area contributed by atoms with E-state index in [1.807, 2.05) is 43.3 Å². The first-order valence-electron chi connectivity index (χ1n) is 8.02. The number of carbonyl (C=O) groups excluding carboxylic acids is 1. The Balaban J connectivity index is 2.01. The molecule has 25 heavy (non-hydrogen) atoms. The number of carbonyl (C=O) groups is 1. The molecule has 1 amide bonds. The quantitative estimate of drug-likeness (QED) is 0.752. The number of amides is 1. The molecule has 5 nitrogen and oxygen atoms in total. The predicted molar refractivity (Wildman–Crippen MR) is 97.7 cm³/mol. The highest BCUT2D eigenvalue weighted by atomic mass is 16.5. The Morgan fingerprint density at radius 2 is 1.72 bits per heavy atom. The Kier molecular flexibility index (Phi) is 4.67. The second-order valence-electron chi connectivity index (χ2n) is 6.16. The van der Waals surface area contributed by atoms with Gasteiger partial charge in [0.1, 0.15) is 0 Å². The number of benzene rings is 2. The smallest absolute Gasteiger partial charge is 0.255 e. The summed E-state index contributed by atoms with van der Waals surface area (Å²) < 4.78 is 5.33. The third kappa shape index (κ3) is 3.32. The summed E-state index contributed by atoms with van der Waals surface area (Å²) in [4.78, 5) is 27.5. The van der Waals surface area contributed by atoms with E-state index in [2.05, 4.69) is 10.3 Å². The molecule has 128 valence electrons. The number of methoxy groups -OCH3 is 1. The van der Waals surface area contributed by atoms with Crippen LogP contribution in [0.2, 0.25) is 0 Å². The fraction of sp³-hybridized carbons (Fsp3) is 0.200. The van der Waals surface area contributed by atoms with Crippen molar-refractivity contribution in [3.8, 4) is 0 Å². The molecule has 3 rings (SSSR count). The van der Waals surface area contributed by atoms with E-state index in [0.29, 0.717) is 22.9 Å². The van der Waals surface area contributed by atoms with Crippen LogP contribution in [-0.2, 0) is 10.3 Å². The molecular formula is C20H20N2O3. The van der Waals surface area contributed by atoms with Crippen molar-refractivity contribution in [1.29, 1.82) is 0 Å². The van der Waals surface area contributed by atoms with Gasteiger partial charge in [0, 0.05) is 24.1 Å². The molecule has 0 aliphatic heterocycles. The number of hydrogen-bond acceptors (Lipinski definition) is 3. The lowest BCUT2D eigenvalue weighted by Crippen LogP contribution is -2.47. The number of rotatable bonds is 5. The van der Waals surface area contributed by atoms with E-state index >= 15 is 0 Å². The molecule has 0 saturated heterocycles. The summed E-state index contributed by atoms with van der Waals surface area (Å²) in [6.45, 7) is 2.24. The number of pyridine rings is 1. The zero-order valence-electron chi connectivity index (χ0n) is 14.2. The second kappa shape index (κ2) is 6.91. The first kappa shape index (κ1) is 16.9. The van der Waals surface area contributed by atoms with Crippen LogP contribution in [-0.4, -0.2) is 24.6 Å². The Hall–Kier alpha value is -2.92. The van der Waals surface area contributed by atoms with Crippen LogP contribution in [0.4, 0.5) is 0 Å². The molecule has 1 heterocycles. The van der Waals surface area contributed by atoms with Crippen molar-refractivity contribution in [3.05, 3.63) is 82.3 Å². The maximum absolute atomic E-state index is 12.9. The summed E-state index contributed by atoms with van der Waals surface area (Å²) in [7, 11) is 1.60. The van der Waals surface area contributed by atoms with Crippen molar-refractivity contribution >= 4 is 16.7 Å². The van der Waals surface area contributed by atoms with Gasteiger partial charge in [-0.3, -0.25) is 9.59 Å². The highest BCUT2D eigenvalue weighted by Gasteiger charge is 2.29. The van der Waals surface area contributed by atoms with Crippen molar-refractivity contribution in [1.82, 2.24) is 10.3 Å². The number of fused-ring (bicyclic) bond motifs is 1. The summed E-state index contributed by atoms with van der Waals surface area (Å²) in [6, 6.07) is 16.7. The topological polar surface area (TPSA) is 71.2 Å². The van der Waals surface area contributed by atoms with E-state index in [1.54, 1.807) is 25.3 Å². The highest BCUT2D eigenvalue weighted by molar-refractivity contribution is 6.06. The molecule has 2 N–H and O–H groups in total. The van der Waals surface area contributed by atoms with Crippen LogP contribution in [0.5, 0.6) is 0 Å². The Morgan fingerprint density at radius 1 is 1.08 bits per heavy atom. The largest absolute Gasteiger partial charge is 0.382 e. The Labute approximate surface area is 145 Å². The van der Waals surface area contributed by atoms with Crippen LogP contribution >= 0.6 is 0 Å². The predicted octanol–water partition coefficient (Wildman–Crippen LogP) is 2.82. The summed E-state index contributed by atoms with van der Waals surface area (Å²) in [5, 5.41) is 4.16. The second-order valence-corrected chi connectivity index (χ2v) is 6.16. The maximum atomic E-state index is 12.9. The van der Waals surface area contributed by atoms with E-state index in [-0.39, 0.29) is 11.5 Å². The number of ether oxygens (including phenoxy) is 1. The molecule has 5 heteroatoms. The monoisotopic (exact) mass is 336 g/mol. The van der Waals surface area contributed by atoms with E-state index in [9.17, 15) is 9.59 Å². The Bertz CT molecular complexity index is 950. The molecule has 0 aliphatic rings. The molecule has 1 unspecified atom stereocenters. The molecule has 0 spiro atoms. The third-order valence-corrected chi connectivity index (χ3v) is 4.29. The lowest BCUT2D eigenvalue weighted by atomic mass is 9.92. The molecule has 0 aliphatic carbocycles. The van der Waals surface area contributed by atoms with Gasteiger partial charge in [-0.1, -0.05) is 48.5 Å². The molecule has 1 aromatic heterocycles. The minimum absolute atomic E-state index is 0.213. The van der Waals surface area contributed by atoms with E-state index in [1.165, 1.54) is 6.20 Å². The van der Waals surface area contributed by atoms with Gasteiger partial charge in [0.2, 0.25) is 0 Å². The molecule has 0 radical (unpaired) electrons. The first-order valence-corrected chi connectivity index (χ1v) is 8.02. The van der Waals surface area contributed by atoms with Crippen LogP contribution in [0, 0.1) is 0 Å². The lowest BCUT2D eigenvalue weighted by Gasteiger charge is -2.31. The average molecular weight is 336 g/mol. The molecule has 0 fully saturated rings. The fourth-order valence-corrected chi connectivity index (χ4v) is 3.00. The number of H-pyrrole nitrogens is 1. The highest BCUT2D eigenvalue weighted by Crippen LogP contribution is 2.23. The number of hydrogen-bond donors (Lipinski definition) is 2. The Morgan fingerprint density at radius 3 is 2.40 bits per heavy atom. The van der Waals surface area contributed by atoms with Gasteiger partial charge < -0.3 is 15.0 Å². The van der Waals surface area contributed by atoms with Gasteiger partial charge in [-0.15, -0.1) is 0 Å². The SMILES string of the molecule is COCC(C)(NC(=O)c1c[nH]c(=O)c2ccccc12)c1ccccc1. The summed E-state index contributed by atoms with van der Waals surface area (Å²) >= 11 is 0. The maximum Gasteiger partial charge on any atom is 0.255 e. The van der Waals surface area contributed by atoms with Gasteiger partial charge >= 0.3 is 0 Å². The van der Waals surface area contributed by atoms with Crippen molar-refractivity contribution in [2.24, 2.45) is 0 Å². The van der Waals surface area contributed by atoms with Crippen molar-refractivity contribution < 1.29 is 9.53 Å². The average Bonchev–Trinajstić information content (AvgIpc) is 2.63. The molecule has 1 atom stereocenters. The van der Waals surface area contributed by atoms with Crippen LogP contribution < -0.4 is 10.9 Å². The van der Waals surface area contributed by atoms with Crippen molar-refractivity contribution in [2.45, 2.75) is 12.5 Å². The molecule has 0 bridgehead atoms. The van der Waals surface area contributed by atoms with Gasteiger partial charge in [0.15, 0.2) is 0 Å². The first-order chi connectivity index (χ1) is 12.0. The molecule has 0 saturated carbocycles. The van der Waals surface area contributed by atoms with E-state index in [4.69, 9.17) is 4.74 Å². The number of aromatic amines is 1. The summed E-state index contributed by atoms with van der Waals surface area (Å²) in [5.41, 5.74) is 0.465. The molecular weight excluding hydrogens is 316 g/mol. The minimum Gasteiger partial charge on any atom is -0.382 e. The van der Waals surface area contributed by atoms with Crippen molar-refractivity contribution in [2.75, 3.05) is 13.7 Å². The summed E-state index contributed by atoms with van der Waals surface area (Å²) in [6.07, 6.45) is 1.46. The van der Waals surface area contributed by atoms with E-state index < -0.39 is 5.54 Å². The van der Waals surface area contributed by atoms with Crippen molar-refractivity contribution in [3.63, 3.8) is 0 Å². The van der Waals surface area contributed by atoms with E-state index in [0.717, 1.165) is 5.56 Å². The number of nitrogens with one attached hydrogen (secondary N) is 2. The molecule has 3 aromatic rings. The van der Waals surface area contributed by atoms with Crippen LogP contribution in [0.25, 0.3) is 10.8 Å². The minimum atomic E-state index is -0.690. The van der Waals surface area contributed by atoms with Crippen LogP contribution in [0.3, 0.4) is 0 Å². The van der Waals surface area contributed by atoms with Gasteiger partial charge in [-0.05, 0) is 18.6 Å². The fourth-order valence-electron chi connectivity index (χ4n) is 3.00. The zero-order valence-corrected chi connectivity index (χ0v) is 14.2. The van der Waals surface area contributed by atoms with Gasteiger partial charge in [-0.2, -0.15) is 0 Å². The standard InChI is InChI=1S/C20H20N2O3/c1-20(13-25-2,14-8-4-3-5-9-14)22-19(24)17-12-21-18(23)16-11-7-6-10-15(16)17/h3-12H,13H2,1-2H3,(H,21,23)(H,22,24). The van der Waals surface area contributed by atoms with Crippen LogP contribution in [0.1, 0.15) is 22.8 Å². The normalized spacial score (nSPS) is 13.4. The van der Waals surface area contributed by atoms with Crippen LogP contribution in [0.15, 0.2) is 65.6 Å². The van der Waals surface area contributed by atoms with Gasteiger partial charge in [0.05, 0.1) is 17.7 Å². The number of aromatic nitrogens is 1. The zero-order chi connectivity index (χ0) is 17.9. The molecule has 2 aromatic carbocycles. The third-order valence-electron chi connectivity index (χ3n) is 4.29. The summed E-state index contributed by atoms with van der Waals surface area (Å²) in [5.74, 6) is -0.268. The lowest BCUT2D eigenvalue weighted by molar-refractivity contribution is 0.0787. The van der Waals surface area contributed by atoms with Gasteiger partial charge in [-0.25, -0.2) is 0 Å². The van der Waals surface area contributed by atoms with Gasteiger partial charge in [0.25, 0.3) is 11.5 Å².